The lowest BCUT2D eigenvalue weighted by Crippen LogP contribution is -2.36. The third kappa shape index (κ3) is 4.65. The fourth-order valence-electron chi connectivity index (χ4n) is 3.62. The number of aromatic nitrogens is 2. The molecule has 166 valence electrons. The summed E-state index contributed by atoms with van der Waals surface area (Å²) >= 11 is 0. The summed E-state index contributed by atoms with van der Waals surface area (Å²) in [6.45, 7) is 5.25. The standard InChI is InChI=1S/C24H26N4O4/c1-16-15-25-24(26-18-5-7-19(8-6-18)28-10-12-32-13-11-28)27-22(16)17-4-9-20(23(29)31-3)21(14-17)30-2/h4-9,14-15H,10-13H2,1-3H3,(H,25,26,27). The Morgan fingerprint density at radius 2 is 1.84 bits per heavy atom. The van der Waals surface area contributed by atoms with Crippen LogP contribution in [0.4, 0.5) is 17.3 Å². The number of benzene rings is 2. The van der Waals surface area contributed by atoms with Gasteiger partial charge in [0.1, 0.15) is 11.3 Å². The van der Waals surface area contributed by atoms with Crippen LogP contribution in [0.3, 0.4) is 0 Å². The summed E-state index contributed by atoms with van der Waals surface area (Å²) in [6.07, 6.45) is 1.77. The minimum Gasteiger partial charge on any atom is -0.496 e. The van der Waals surface area contributed by atoms with Crippen molar-refractivity contribution < 1.29 is 19.0 Å². The lowest BCUT2D eigenvalue weighted by molar-refractivity contribution is 0.0597. The number of esters is 1. The summed E-state index contributed by atoms with van der Waals surface area (Å²) < 4.78 is 15.6. The van der Waals surface area contributed by atoms with Gasteiger partial charge in [0, 0.05) is 36.2 Å². The van der Waals surface area contributed by atoms with Gasteiger partial charge in [0.05, 0.1) is 33.1 Å². The predicted octanol–water partition coefficient (Wildman–Crippen LogP) is 3.83. The van der Waals surface area contributed by atoms with Crippen LogP contribution < -0.4 is 15.0 Å². The predicted molar refractivity (Wildman–Crippen MR) is 123 cm³/mol. The fraction of sp³-hybridized carbons (Fsp3) is 0.292. The van der Waals surface area contributed by atoms with E-state index in [1.807, 2.05) is 25.1 Å². The summed E-state index contributed by atoms with van der Waals surface area (Å²) in [5.74, 6) is 0.469. The smallest absolute Gasteiger partial charge is 0.341 e. The largest absolute Gasteiger partial charge is 0.496 e. The Kier molecular flexibility index (Phi) is 6.51. The van der Waals surface area contributed by atoms with Crippen LogP contribution in [0.25, 0.3) is 11.3 Å². The van der Waals surface area contributed by atoms with E-state index in [1.54, 1.807) is 18.3 Å². The second-order valence-corrected chi connectivity index (χ2v) is 7.40. The van der Waals surface area contributed by atoms with E-state index in [9.17, 15) is 4.79 Å². The molecule has 0 amide bonds. The summed E-state index contributed by atoms with van der Waals surface area (Å²) in [7, 11) is 2.86. The van der Waals surface area contributed by atoms with E-state index >= 15 is 0 Å². The summed E-state index contributed by atoms with van der Waals surface area (Å²) in [5.41, 5.74) is 4.91. The van der Waals surface area contributed by atoms with E-state index < -0.39 is 5.97 Å². The van der Waals surface area contributed by atoms with Crippen LogP contribution in [-0.4, -0.2) is 56.5 Å². The first kappa shape index (κ1) is 21.6. The number of carbonyl (C=O) groups is 1. The van der Waals surface area contributed by atoms with E-state index in [0.717, 1.165) is 48.8 Å². The molecule has 0 aliphatic carbocycles. The molecule has 1 aliphatic heterocycles. The van der Waals surface area contributed by atoms with E-state index in [2.05, 4.69) is 27.3 Å². The molecule has 32 heavy (non-hydrogen) atoms. The average Bonchev–Trinajstić information content (AvgIpc) is 2.85. The second kappa shape index (κ2) is 9.65. The molecule has 1 fully saturated rings. The Morgan fingerprint density at radius 1 is 1.09 bits per heavy atom. The molecule has 0 unspecified atom stereocenters. The van der Waals surface area contributed by atoms with Crippen molar-refractivity contribution in [1.29, 1.82) is 0 Å². The maximum Gasteiger partial charge on any atom is 0.341 e. The molecule has 1 aromatic heterocycles. The van der Waals surface area contributed by atoms with Gasteiger partial charge in [-0.15, -0.1) is 0 Å². The minimum atomic E-state index is -0.448. The van der Waals surface area contributed by atoms with Gasteiger partial charge in [-0.25, -0.2) is 14.8 Å². The van der Waals surface area contributed by atoms with Crippen LogP contribution in [-0.2, 0) is 9.47 Å². The first-order valence-electron chi connectivity index (χ1n) is 10.4. The van der Waals surface area contributed by atoms with Gasteiger partial charge in [0.15, 0.2) is 0 Å². The number of aryl methyl sites for hydroxylation is 1. The molecule has 0 atom stereocenters. The fourth-order valence-corrected chi connectivity index (χ4v) is 3.62. The van der Waals surface area contributed by atoms with Gasteiger partial charge in [-0.2, -0.15) is 0 Å². The highest BCUT2D eigenvalue weighted by atomic mass is 16.5. The van der Waals surface area contributed by atoms with Crippen LogP contribution in [0.1, 0.15) is 15.9 Å². The summed E-state index contributed by atoms with van der Waals surface area (Å²) in [6, 6.07) is 13.5. The molecule has 0 bridgehead atoms. The van der Waals surface area contributed by atoms with Gasteiger partial charge in [-0.3, -0.25) is 0 Å². The molecule has 1 N–H and O–H groups in total. The summed E-state index contributed by atoms with van der Waals surface area (Å²) in [4.78, 5) is 23.4. The first-order valence-corrected chi connectivity index (χ1v) is 10.4. The van der Waals surface area contributed by atoms with Crippen LogP contribution in [0.5, 0.6) is 5.75 Å². The summed E-state index contributed by atoms with van der Waals surface area (Å²) in [5, 5.41) is 3.27. The second-order valence-electron chi connectivity index (χ2n) is 7.40. The molecule has 1 aliphatic rings. The molecule has 2 heterocycles. The maximum absolute atomic E-state index is 11.9. The number of anilines is 3. The van der Waals surface area contributed by atoms with E-state index in [-0.39, 0.29) is 0 Å². The highest BCUT2D eigenvalue weighted by molar-refractivity contribution is 5.93. The third-order valence-electron chi connectivity index (χ3n) is 5.35. The lowest BCUT2D eigenvalue weighted by atomic mass is 10.0. The SMILES string of the molecule is COC(=O)c1ccc(-c2nc(Nc3ccc(N4CCOCC4)cc3)ncc2C)cc1OC. The van der Waals surface area contributed by atoms with E-state index in [0.29, 0.717) is 17.3 Å². The highest BCUT2D eigenvalue weighted by Gasteiger charge is 2.16. The first-order chi connectivity index (χ1) is 15.6. The Bertz CT molecular complexity index is 1100. The van der Waals surface area contributed by atoms with Crippen LogP contribution >= 0.6 is 0 Å². The Hall–Kier alpha value is -3.65. The van der Waals surface area contributed by atoms with Crippen molar-refractivity contribution in [3.8, 4) is 17.0 Å². The zero-order valence-corrected chi connectivity index (χ0v) is 18.4. The molecule has 2 aromatic carbocycles. The Labute approximate surface area is 187 Å². The monoisotopic (exact) mass is 434 g/mol. The van der Waals surface area contributed by atoms with Crippen molar-refractivity contribution in [3.05, 3.63) is 59.8 Å². The van der Waals surface area contributed by atoms with Gasteiger partial charge < -0.3 is 24.4 Å². The third-order valence-corrected chi connectivity index (χ3v) is 5.35. The molecule has 0 saturated carbocycles. The number of methoxy groups -OCH3 is 2. The number of hydrogen-bond donors (Lipinski definition) is 1. The number of hydrogen-bond acceptors (Lipinski definition) is 8. The normalized spacial score (nSPS) is 13.5. The number of rotatable bonds is 6. The lowest BCUT2D eigenvalue weighted by Gasteiger charge is -2.28. The molecular weight excluding hydrogens is 408 g/mol. The van der Waals surface area contributed by atoms with E-state index in [1.165, 1.54) is 19.9 Å². The van der Waals surface area contributed by atoms with Gasteiger partial charge in [-0.1, -0.05) is 6.07 Å². The van der Waals surface area contributed by atoms with Crippen molar-refractivity contribution >= 4 is 23.3 Å². The molecule has 3 aromatic rings. The van der Waals surface area contributed by atoms with Gasteiger partial charge in [-0.05, 0) is 48.9 Å². The Morgan fingerprint density at radius 3 is 2.53 bits per heavy atom. The molecule has 0 radical (unpaired) electrons. The highest BCUT2D eigenvalue weighted by Crippen LogP contribution is 2.29. The number of ether oxygens (including phenoxy) is 3. The number of morpholine rings is 1. The average molecular weight is 434 g/mol. The zero-order valence-electron chi connectivity index (χ0n) is 18.4. The van der Waals surface area contributed by atoms with Gasteiger partial charge in [0.2, 0.25) is 5.95 Å². The zero-order chi connectivity index (χ0) is 22.5. The molecule has 8 heteroatoms. The van der Waals surface area contributed by atoms with Crippen molar-refractivity contribution in [1.82, 2.24) is 9.97 Å². The van der Waals surface area contributed by atoms with E-state index in [4.69, 9.17) is 19.2 Å². The van der Waals surface area contributed by atoms with Crippen molar-refractivity contribution in [2.45, 2.75) is 6.92 Å². The minimum absolute atomic E-state index is 0.365. The number of nitrogens with zero attached hydrogens (tertiary/aromatic N) is 3. The molecular formula is C24H26N4O4. The van der Waals surface area contributed by atoms with Crippen LogP contribution in [0.15, 0.2) is 48.7 Å². The van der Waals surface area contributed by atoms with Crippen LogP contribution in [0, 0.1) is 6.92 Å². The Balaban J connectivity index is 1.56. The molecule has 0 spiro atoms. The van der Waals surface area contributed by atoms with Crippen molar-refractivity contribution in [2.24, 2.45) is 0 Å². The van der Waals surface area contributed by atoms with Gasteiger partial charge in [0.25, 0.3) is 0 Å². The number of carbonyl (C=O) groups excluding carboxylic acids is 1. The molecule has 1 saturated heterocycles. The quantitative estimate of drug-likeness (QED) is 0.586. The van der Waals surface area contributed by atoms with Gasteiger partial charge >= 0.3 is 5.97 Å². The van der Waals surface area contributed by atoms with Crippen molar-refractivity contribution in [3.63, 3.8) is 0 Å². The maximum atomic E-state index is 11.9. The molecule has 8 nitrogen and oxygen atoms in total. The number of nitrogens with one attached hydrogen (secondary N) is 1. The molecule has 4 rings (SSSR count). The van der Waals surface area contributed by atoms with Crippen molar-refractivity contribution in [2.75, 3.05) is 50.7 Å². The topological polar surface area (TPSA) is 85.8 Å². The van der Waals surface area contributed by atoms with Crippen LogP contribution in [0.2, 0.25) is 0 Å².